The van der Waals surface area contributed by atoms with Crippen molar-refractivity contribution in [3.63, 3.8) is 0 Å². The van der Waals surface area contributed by atoms with Crippen LogP contribution in [0.25, 0.3) is 0 Å². The quantitative estimate of drug-likeness (QED) is 0.698. The Morgan fingerprint density at radius 2 is 2.20 bits per heavy atom. The summed E-state index contributed by atoms with van der Waals surface area (Å²) in [5, 5.41) is 14.3. The zero-order chi connectivity index (χ0) is 14.4. The number of carboxylic acids is 1. The van der Waals surface area contributed by atoms with Crippen molar-refractivity contribution in [1.82, 2.24) is 15.6 Å². The third-order valence-electron chi connectivity index (χ3n) is 3.11. The van der Waals surface area contributed by atoms with Gasteiger partial charge in [-0.25, -0.2) is 4.79 Å². The Labute approximate surface area is 116 Å². The largest absolute Gasteiger partial charge is 0.481 e. The van der Waals surface area contributed by atoms with E-state index in [1.807, 2.05) is 18.2 Å². The number of pyridine rings is 1. The maximum atomic E-state index is 11.6. The summed E-state index contributed by atoms with van der Waals surface area (Å²) in [6.45, 7) is 0.488. The Kier molecular flexibility index (Phi) is 4.70. The number of urea groups is 1. The molecule has 1 aromatic rings. The van der Waals surface area contributed by atoms with Gasteiger partial charge in [-0.1, -0.05) is 18.2 Å². The molecule has 1 heterocycles. The minimum absolute atomic E-state index is 0.217. The molecule has 0 saturated heterocycles. The molecule has 2 unspecified atom stereocenters. The van der Waals surface area contributed by atoms with Crippen LogP contribution in [0.4, 0.5) is 4.79 Å². The second-order valence-corrected chi connectivity index (χ2v) is 4.64. The topological polar surface area (TPSA) is 91.3 Å². The Balaban J connectivity index is 1.67. The van der Waals surface area contributed by atoms with Crippen LogP contribution in [0.3, 0.4) is 0 Å². The fourth-order valence-electron chi connectivity index (χ4n) is 2.06. The monoisotopic (exact) mass is 275 g/mol. The Hall–Kier alpha value is -2.37. The molecule has 0 fully saturated rings. The molecule has 0 aromatic carbocycles. The number of carbonyl (C=O) groups excluding carboxylic acids is 1. The molecule has 0 spiro atoms. The summed E-state index contributed by atoms with van der Waals surface area (Å²) >= 11 is 0. The molecule has 2 atom stereocenters. The highest BCUT2D eigenvalue weighted by molar-refractivity contribution is 5.76. The van der Waals surface area contributed by atoms with Crippen LogP contribution in [0.1, 0.15) is 12.1 Å². The zero-order valence-electron chi connectivity index (χ0n) is 11.0. The van der Waals surface area contributed by atoms with Crippen molar-refractivity contribution in [2.45, 2.75) is 18.9 Å². The number of amides is 2. The maximum Gasteiger partial charge on any atom is 0.315 e. The average Bonchev–Trinajstić information content (AvgIpc) is 2.88. The highest BCUT2D eigenvalue weighted by Gasteiger charge is 2.25. The van der Waals surface area contributed by atoms with Gasteiger partial charge in [-0.3, -0.25) is 9.78 Å². The number of aliphatic carboxylic acids is 1. The van der Waals surface area contributed by atoms with Crippen molar-refractivity contribution >= 4 is 12.0 Å². The zero-order valence-corrected chi connectivity index (χ0v) is 11.0. The molecule has 0 bridgehead atoms. The number of aromatic nitrogens is 1. The Morgan fingerprint density at radius 3 is 2.85 bits per heavy atom. The predicted octanol–water partition coefficient (Wildman–Crippen LogP) is 0.953. The lowest BCUT2D eigenvalue weighted by molar-refractivity contribution is -0.140. The molecule has 2 amide bonds. The number of carbonyl (C=O) groups is 2. The number of nitrogens with zero attached hydrogens (tertiary/aromatic N) is 1. The van der Waals surface area contributed by atoms with Crippen LogP contribution in [0, 0.1) is 5.92 Å². The highest BCUT2D eigenvalue weighted by Crippen LogP contribution is 2.17. The summed E-state index contributed by atoms with van der Waals surface area (Å²) in [5.74, 6) is -1.37. The van der Waals surface area contributed by atoms with Gasteiger partial charge < -0.3 is 15.7 Å². The van der Waals surface area contributed by atoms with Gasteiger partial charge in [0, 0.05) is 24.9 Å². The van der Waals surface area contributed by atoms with Crippen LogP contribution < -0.4 is 10.6 Å². The molecule has 3 N–H and O–H groups in total. The lowest BCUT2D eigenvalue weighted by Gasteiger charge is -2.13. The molecular formula is C14H17N3O3. The fourth-order valence-corrected chi connectivity index (χ4v) is 2.06. The van der Waals surface area contributed by atoms with E-state index in [-0.39, 0.29) is 12.1 Å². The van der Waals surface area contributed by atoms with E-state index in [9.17, 15) is 9.59 Å². The van der Waals surface area contributed by atoms with Crippen LogP contribution in [0.2, 0.25) is 0 Å². The Morgan fingerprint density at radius 1 is 1.35 bits per heavy atom. The lowest BCUT2D eigenvalue weighted by Crippen LogP contribution is -2.41. The fraction of sp³-hybridized carbons (Fsp3) is 0.357. The summed E-state index contributed by atoms with van der Waals surface area (Å²) in [7, 11) is 0. The minimum atomic E-state index is -0.860. The predicted molar refractivity (Wildman–Crippen MR) is 73.1 cm³/mol. The average molecular weight is 275 g/mol. The van der Waals surface area contributed by atoms with E-state index in [0.717, 1.165) is 5.69 Å². The molecule has 0 radical (unpaired) electrons. The normalized spacial score (nSPS) is 20.6. The smallest absolute Gasteiger partial charge is 0.315 e. The number of rotatable bonds is 5. The van der Waals surface area contributed by atoms with Gasteiger partial charge in [-0.05, 0) is 18.6 Å². The van der Waals surface area contributed by atoms with Crippen molar-refractivity contribution < 1.29 is 14.7 Å². The molecule has 0 aliphatic heterocycles. The number of hydrogen-bond acceptors (Lipinski definition) is 3. The van der Waals surface area contributed by atoms with Gasteiger partial charge in [0.2, 0.25) is 0 Å². The summed E-state index contributed by atoms with van der Waals surface area (Å²) in [6, 6.07) is 5.14. The molecule has 6 nitrogen and oxygen atoms in total. The van der Waals surface area contributed by atoms with Crippen LogP contribution in [0.15, 0.2) is 36.5 Å². The van der Waals surface area contributed by atoms with Gasteiger partial charge >= 0.3 is 12.0 Å². The Bertz CT molecular complexity index is 502. The van der Waals surface area contributed by atoms with Gasteiger partial charge in [0.1, 0.15) is 0 Å². The highest BCUT2D eigenvalue weighted by atomic mass is 16.4. The molecule has 20 heavy (non-hydrogen) atoms. The van der Waals surface area contributed by atoms with Crippen LogP contribution in [0.5, 0.6) is 0 Å². The molecular weight excluding hydrogens is 258 g/mol. The molecule has 1 aromatic heterocycles. The first-order chi connectivity index (χ1) is 9.65. The van der Waals surface area contributed by atoms with E-state index >= 15 is 0 Å². The molecule has 6 heteroatoms. The van der Waals surface area contributed by atoms with Crippen LogP contribution >= 0.6 is 0 Å². The van der Waals surface area contributed by atoms with Crippen molar-refractivity contribution in [3.8, 4) is 0 Å². The van der Waals surface area contributed by atoms with E-state index in [4.69, 9.17) is 5.11 Å². The van der Waals surface area contributed by atoms with Crippen LogP contribution in [-0.2, 0) is 11.2 Å². The first-order valence-corrected chi connectivity index (χ1v) is 6.50. The van der Waals surface area contributed by atoms with Crippen molar-refractivity contribution in [2.75, 3.05) is 6.54 Å². The standard InChI is InChI=1S/C14H17N3O3/c18-13(19)10-4-5-12(9-10)17-14(20)16-8-6-11-3-1-2-7-15-11/h1-5,7,10,12H,6,8-9H2,(H,18,19)(H2,16,17,20). The molecule has 106 valence electrons. The first kappa shape index (κ1) is 14.0. The maximum absolute atomic E-state index is 11.6. The van der Waals surface area contributed by atoms with Gasteiger partial charge in [0.05, 0.1) is 12.0 Å². The van der Waals surface area contributed by atoms with E-state index in [2.05, 4.69) is 15.6 Å². The van der Waals surface area contributed by atoms with Gasteiger partial charge in [0.25, 0.3) is 0 Å². The summed E-state index contributed by atoms with van der Waals surface area (Å²) in [4.78, 5) is 26.6. The summed E-state index contributed by atoms with van der Waals surface area (Å²) < 4.78 is 0. The molecule has 2 rings (SSSR count). The van der Waals surface area contributed by atoms with Crippen molar-refractivity contribution in [1.29, 1.82) is 0 Å². The molecule has 1 aliphatic rings. The molecule has 1 aliphatic carbocycles. The number of nitrogens with one attached hydrogen (secondary N) is 2. The van der Waals surface area contributed by atoms with Gasteiger partial charge in [0.15, 0.2) is 0 Å². The van der Waals surface area contributed by atoms with Gasteiger partial charge in [-0.2, -0.15) is 0 Å². The van der Waals surface area contributed by atoms with E-state index < -0.39 is 11.9 Å². The number of hydrogen-bond donors (Lipinski definition) is 3. The lowest BCUT2D eigenvalue weighted by atomic mass is 10.1. The third-order valence-corrected chi connectivity index (χ3v) is 3.11. The van der Waals surface area contributed by atoms with E-state index in [0.29, 0.717) is 19.4 Å². The summed E-state index contributed by atoms with van der Waals surface area (Å²) in [5.41, 5.74) is 0.916. The van der Waals surface area contributed by atoms with Crippen molar-refractivity contribution in [2.24, 2.45) is 5.92 Å². The second-order valence-electron chi connectivity index (χ2n) is 4.64. The number of carboxylic acid groups (broad SMARTS) is 1. The third kappa shape index (κ3) is 4.08. The van der Waals surface area contributed by atoms with E-state index in [1.54, 1.807) is 18.3 Å². The SMILES string of the molecule is O=C(NCCc1ccccn1)NC1C=CC(C(=O)O)C1. The van der Waals surface area contributed by atoms with Crippen molar-refractivity contribution in [3.05, 3.63) is 42.2 Å². The first-order valence-electron chi connectivity index (χ1n) is 6.50. The van der Waals surface area contributed by atoms with Gasteiger partial charge in [-0.15, -0.1) is 0 Å². The summed E-state index contributed by atoms with van der Waals surface area (Å²) in [6.07, 6.45) is 6.11. The van der Waals surface area contributed by atoms with Crippen LogP contribution in [-0.4, -0.2) is 34.7 Å². The second kappa shape index (κ2) is 6.70. The minimum Gasteiger partial charge on any atom is -0.481 e. The molecule has 0 saturated carbocycles. The van der Waals surface area contributed by atoms with E-state index in [1.165, 1.54) is 0 Å².